The van der Waals surface area contributed by atoms with Gasteiger partial charge >= 0.3 is 0 Å². The fourth-order valence-electron chi connectivity index (χ4n) is 3.74. The second-order valence-electron chi connectivity index (χ2n) is 6.71. The van der Waals surface area contributed by atoms with E-state index in [1.165, 1.54) is 37.2 Å². The molecule has 3 rings (SSSR count). The van der Waals surface area contributed by atoms with Crippen molar-refractivity contribution in [1.29, 1.82) is 0 Å². The van der Waals surface area contributed by atoms with Crippen molar-refractivity contribution in [2.24, 2.45) is 5.92 Å². The Morgan fingerprint density at radius 1 is 1.25 bits per heavy atom. The molecule has 0 aliphatic carbocycles. The first kappa shape index (κ1) is 14.2. The summed E-state index contributed by atoms with van der Waals surface area (Å²) in [6, 6.07) is 7.78. The molecule has 0 saturated carbocycles. The molecule has 1 aromatic carbocycles. The molecule has 2 aliphatic rings. The average molecular weight is 293 g/mol. The lowest BCUT2D eigenvalue weighted by atomic mass is 9.96. The number of aryl methyl sites for hydroxylation is 1. The lowest BCUT2D eigenvalue weighted by Gasteiger charge is -2.47. The Bertz CT molecular complexity index is 486. The Morgan fingerprint density at radius 3 is 2.75 bits per heavy atom. The molecule has 2 heterocycles. The van der Waals surface area contributed by atoms with E-state index >= 15 is 0 Å². The van der Waals surface area contributed by atoms with E-state index < -0.39 is 0 Å². The zero-order chi connectivity index (χ0) is 14.3. The Hall–Kier alpha value is -0.730. The van der Waals surface area contributed by atoms with Gasteiger partial charge in [-0.15, -0.1) is 0 Å². The van der Waals surface area contributed by atoms with Gasteiger partial charge in [0.1, 0.15) is 0 Å². The molecule has 0 bridgehead atoms. The molecular formula is C17H25ClN2. The van der Waals surface area contributed by atoms with Crippen molar-refractivity contribution in [2.45, 2.75) is 45.7 Å². The molecule has 1 aromatic rings. The molecule has 0 amide bonds. The summed E-state index contributed by atoms with van der Waals surface area (Å²) in [4.78, 5) is 5.25. The maximum absolute atomic E-state index is 6.52. The van der Waals surface area contributed by atoms with Gasteiger partial charge in [0.05, 0.1) is 10.7 Å². The van der Waals surface area contributed by atoms with E-state index in [9.17, 15) is 0 Å². The van der Waals surface area contributed by atoms with Crippen LogP contribution >= 0.6 is 11.6 Å². The van der Waals surface area contributed by atoms with Crippen molar-refractivity contribution in [3.63, 3.8) is 0 Å². The highest BCUT2D eigenvalue weighted by Gasteiger charge is 2.37. The third kappa shape index (κ3) is 2.56. The standard InChI is InChI=1S/C17H25ClN2/c1-12(2)17-11-19-8-4-5-14(19)10-20(17)16-7-6-13(3)9-15(16)18/h6-7,9,12,14,17H,4-5,8,10-11H2,1-3H3. The van der Waals surface area contributed by atoms with Crippen molar-refractivity contribution >= 4 is 17.3 Å². The van der Waals surface area contributed by atoms with Crippen molar-refractivity contribution in [3.05, 3.63) is 28.8 Å². The lowest BCUT2D eigenvalue weighted by molar-refractivity contribution is 0.176. The molecule has 3 heteroatoms. The van der Waals surface area contributed by atoms with Crippen molar-refractivity contribution < 1.29 is 0 Å². The Labute approximate surface area is 127 Å². The normalized spacial score (nSPS) is 27.1. The quantitative estimate of drug-likeness (QED) is 0.814. The number of hydrogen-bond donors (Lipinski definition) is 0. The van der Waals surface area contributed by atoms with Gasteiger partial charge in [-0.05, 0) is 49.9 Å². The molecular weight excluding hydrogens is 268 g/mol. The van der Waals surface area contributed by atoms with Crippen LogP contribution in [0.1, 0.15) is 32.3 Å². The smallest absolute Gasteiger partial charge is 0.0642 e. The highest BCUT2D eigenvalue weighted by molar-refractivity contribution is 6.33. The van der Waals surface area contributed by atoms with Crippen molar-refractivity contribution in [3.8, 4) is 0 Å². The van der Waals surface area contributed by atoms with Crippen LogP contribution in [-0.4, -0.2) is 36.6 Å². The molecule has 0 aromatic heterocycles. The SMILES string of the molecule is Cc1ccc(N2CC3CCCN3CC2C(C)C)c(Cl)c1. The van der Waals surface area contributed by atoms with Crippen LogP contribution in [0.3, 0.4) is 0 Å². The van der Waals surface area contributed by atoms with Gasteiger partial charge < -0.3 is 4.90 Å². The number of anilines is 1. The molecule has 2 unspecified atom stereocenters. The first-order valence-corrected chi connectivity index (χ1v) is 8.21. The van der Waals surface area contributed by atoms with E-state index in [2.05, 4.69) is 48.8 Å². The number of fused-ring (bicyclic) bond motifs is 1. The summed E-state index contributed by atoms with van der Waals surface area (Å²) in [5, 5.41) is 0.905. The van der Waals surface area contributed by atoms with Gasteiger partial charge in [0, 0.05) is 25.2 Å². The summed E-state index contributed by atoms with van der Waals surface area (Å²) in [7, 11) is 0. The summed E-state index contributed by atoms with van der Waals surface area (Å²) in [6.07, 6.45) is 2.69. The van der Waals surface area contributed by atoms with Crippen molar-refractivity contribution in [2.75, 3.05) is 24.5 Å². The van der Waals surface area contributed by atoms with Crippen LogP contribution in [-0.2, 0) is 0 Å². The molecule has 2 atom stereocenters. The summed E-state index contributed by atoms with van der Waals surface area (Å²) >= 11 is 6.52. The number of hydrogen-bond acceptors (Lipinski definition) is 2. The summed E-state index contributed by atoms with van der Waals surface area (Å²) in [6.45, 7) is 10.4. The van der Waals surface area contributed by atoms with E-state index in [1.807, 2.05) is 0 Å². The van der Waals surface area contributed by atoms with Crippen molar-refractivity contribution in [1.82, 2.24) is 4.90 Å². The largest absolute Gasteiger partial charge is 0.364 e. The Kier molecular flexibility index (Phi) is 3.96. The molecule has 2 fully saturated rings. The highest BCUT2D eigenvalue weighted by atomic mass is 35.5. The zero-order valence-electron chi connectivity index (χ0n) is 12.8. The van der Waals surface area contributed by atoms with Crippen LogP contribution in [0.2, 0.25) is 5.02 Å². The molecule has 0 spiro atoms. The average Bonchev–Trinajstić information content (AvgIpc) is 2.84. The minimum atomic E-state index is 0.574. The van der Waals surface area contributed by atoms with Gasteiger partial charge in [-0.1, -0.05) is 31.5 Å². The predicted octanol–water partition coefficient (Wildman–Crippen LogP) is 3.96. The number of halogens is 1. The first-order valence-electron chi connectivity index (χ1n) is 7.83. The molecule has 2 nitrogen and oxygen atoms in total. The lowest BCUT2D eigenvalue weighted by Crippen LogP contribution is -2.58. The Morgan fingerprint density at radius 2 is 2.05 bits per heavy atom. The summed E-state index contributed by atoms with van der Waals surface area (Å²) < 4.78 is 0. The third-order valence-electron chi connectivity index (χ3n) is 4.91. The molecule has 2 aliphatic heterocycles. The number of benzene rings is 1. The van der Waals surface area contributed by atoms with E-state index in [0.717, 1.165) is 17.6 Å². The van der Waals surface area contributed by atoms with Gasteiger partial charge in [0.15, 0.2) is 0 Å². The second-order valence-corrected chi connectivity index (χ2v) is 7.12. The fourth-order valence-corrected chi connectivity index (χ4v) is 4.08. The number of piperazine rings is 1. The number of rotatable bonds is 2. The summed E-state index contributed by atoms with van der Waals surface area (Å²) in [5.41, 5.74) is 2.46. The van der Waals surface area contributed by atoms with E-state index in [4.69, 9.17) is 11.6 Å². The van der Waals surface area contributed by atoms with E-state index in [-0.39, 0.29) is 0 Å². The molecule has 0 radical (unpaired) electrons. The van der Waals surface area contributed by atoms with Crippen LogP contribution in [0.15, 0.2) is 18.2 Å². The van der Waals surface area contributed by atoms with Gasteiger partial charge in [-0.25, -0.2) is 0 Å². The minimum Gasteiger partial charge on any atom is -0.364 e. The molecule has 20 heavy (non-hydrogen) atoms. The first-order chi connectivity index (χ1) is 9.56. The topological polar surface area (TPSA) is 6.48 Å². The van der Waals surface area contributed by atoms with Crippen LogP contribution in [0.5, 0.6) is 0 Å². The summed E-state index contributed by atoms with van der Waals surface area (Å²) in [5.74, 6) is 0.647. The van der Waals surface area contributed by atoms with Gasteiger partial charge in [-0.2, -0.15) is 0 Å². The van der Waals surface area contributed by atoms with Crippen LogP contribution in [0.4, 0.5) is 5.69 Å². The Balaban J connectivity index is 1.91. The van der Waals surface area contributed by atoms with Gasteiger partial charge in [0.25, 0.3) is 0 Å². The number of nitrogens with zero attached hydrogens (tertiary/aromatic N) is 2. The molecule has 2 saturated heterocycles. The highest BCUT2D eigenvalue weighted by Crippen LogP contribution is 2.35. The monoisotopic (exact) mass is 292 g/mol. The zero-order valence-corrected chi connectivity index (χ0v) is 13.5. The maximum atomic E-state index is 6.52. The van der Waals surface area contributed by atoms with Crippen LogP contribution in [0.25, 0.3) is 0 Å². The predicted molar refractivity (Wildman–Crippen MR) is 86.8 cm³/mol. The minimum absolute atomic E-state index is 0.574. The third-order valence-corrected chi connectivity index (χ3v) is 5.21. The van der Waals surface area contributed by atoms with Crippen LogP contribution in [0, 0.1) is 12.8 Å². The van der Waals surface area contributed by atoms with E-state index in [0.29, 0.717) is 12.0 Å². The van der Waals surface area contributed by atoms with Crippen LogP contribution < -0.4 is 4.90 Å². The fraction of sp³-hybridized carbons (Fsp3) is 0.647. The van der Waals surface area contributed by atoms with E-state index in [1.54, 1.807) is 0 Å². The van der Waals surface area contributed by atoms with Gasteiger partial charge in [0.2, 0.25) is 0 Å². The molecule has 110 valence electrons. The maximum Gasteiger partial charge on any atom is 0.0642 e. The second kappa shape index (κ2) is 5.57. The van der Waals surface area contributed by atoms with Gasteiger partial charge in [-0.3, -0.25) is 4.90 Å². The molecule has 0 N–H and O–H groups in total.